The van der Waals surface area contributed by atoms with Crippen molar-refractivity contribution in [3.63, 3.8) is 0 Å². The third kappa shape index (κ3) is 3.47. The molecule has 2 heteroatoms. The Hall–Kier alpha value is -1.12. The first-order chi connectivity index (χ1) is 7.90. The molecule has 1 aromatic carbocycles. The molecular weight excluding hydrogens is 200 g/mol. The normalized spacial score (nSPS) is 23.0. The molecule has 1 fully saturated rings. The van der Waals surface area contributed by atoms with Crippen LogP contribution in [-0.4, -0.2) is 18.8 Å². The van der Waals surface area contributed by atoms with Crippen molar-refractivity contribution in [3.8, 4) is 0 Å². The molecule has 1 aliphatic heterocycles. The molecule has 0 N–H and O–H groups in total. The largest absolute Gasteiger partial charge is 0.374 e. The zero-order valence-electron chi connectivity index (χ0n) is 9.47. The maximum absolute atomic E-state index is 5.60. The Labute approximate surface area is 96.9 Å². The van der Waals surface area contributed by atoms with E-state index in [1.807, 2.05) is 24.3 Å². The van der Waals surface area contributed by atoms with Crippen molar-refractivity contribution in [1.82, 2.24) is 0 Å². The molecule has 16 heavy (non-hydrogen) atoms. The monoisotopic (exact) mass is 218 g/mol. The topological polar surface area (TPSA) is 21.8 Å². The minimum atomic E-state index is 0.309. The lowest BCUT2D eigenvalue weighted by Crippen LogP contribution is -2.04. The molecule has 1 heterocycles. The molecule has 2 atom stereocenters. The number of benzene rings is 1. The second-order valence-electron chi connectivity index (χ2n) is 4.08. The highest BCUT2D eigenvalue weighted by molar-refractivity contribution is 5.13. The van der Waals surface area contributed by atoms with Crippen LogP contribution in [0.3, 0.4) is 0 Å². The van der Waals surface area contributed by atoms with Gasteiger partial charge in [0.15, 0.2) is 0 Å². The molecule has 2 rings (SSSR count). The number of rotatable bonds is 7. The molecule has 86 valence electrons. The number of hydrogen-bond acceptors (Lipinski definition) is 2. The van der Waals surface area contributed by atoms with E-state index in [4.69, 9.17) is 9.47 Å². The van der Waals surface area contributed by atoms with Crippen LogP contribution in [0.4, 0.5) is 0 Å². The van der Waals surface area contributed by atoms with Gasteiger partial charge in [-0.15, -0.1) is 6.58 Å². The lowest BCUT2D eigenvalue weighted by molar-refractivity contribution is 0.104. The van der Waals surface area contributed by atoms with Crippen LogP contribution in [0, 0.1) is 0 Å². The van der Waals surface area contributed by atoms with E-state index in [0.717, 1.165) is 12.8 Å². The van der Waals surface area contributed by atoms with Crippen LogP contribution >= 0.6 is 0 Å². The van der Waals surface area contributed by atoms with Crippen molar-refractivity contribution in [3.05, 3.63) is 48.6 Å². The lowest BCUT2D eigenvalue weighted by Gasteiger charge is -2.01. The second-order valence-corrected chi connectivity index (χ2v) is 4.08. The summed E-state index contributed by atoms with van der Waals surface area (Å²) in [5, 5.41) is 0. The quantitative estimate of drug-likeness (QED) is 0.518. The van der Waals surface area contributed by atoms with E-state index in [1.165, 1.54) is 5.56 Å². The zero-order chi connectivity index (χ0) is 11.2. The molecule has 0 unspecified atom stereocenters. The average Bonchev–Trinajstić information content (AvgIpc) is 3.07. The lowest BCUT2D eigenvalue weighted by atomic mass is 10.2. The first kappa shape index (κ1) is 11.4. The second kappa shape index (κ2) is 5.83. The molecule has 0 aliphatic carbocycles. The molecule has 0 bridgehead atoms. The highest BCUT2D eigenvalue weighted by Gasteiger charge is 2.37. The van der Waals surface area contributed by atoms with Crippen LogP contribution in [0.15, 0.2) is 43.0 Å². The summed E-state index contributed by atoms with van der Waals surface area (Å²) >= 11 is 0. The van der Waals surface area contributed by atoms with Crippen LogP contribution in [0.2, 0.25) is 0 Å². The van der Waals surface area contributed by atoms with Crippen molar-refractivity contribution >= 4 is 0 Å². The van der Waals surface area contributed by atoms with E-state index in [9.17, 15) is 0 Å². The van der Waals surface area contributed by atoms with Crippen LogP contribution < -0.4 is 0 Å². The van der Waals surface area contributed by atoms with E-state index in [-0.39, 0.29) is 0 Å². The highest BCUT2D eigenvalue weighted by atomic mass is 16.6. The van der Waals surface area contributed by atoms with Crippen LogP contribution in [-0.2, 0) is 16.1 Å². The van der Waals surface area contributed by atoms with E-state index >= 15 is 0 Å². The van der Waals surface area contributed by atoms with Crippen LogP contribution in [0.1, 0.15) is 18.4 Å². The van der Waals surface area contributed by atoms with Gasteiger partial charge in [-0.3, -0.25) is 0 Å². The number of ether oxygens (including phenoxy) is 2. The summed E-state index contributed by atoms with van der Waals surface area (Å²) in [5.74, 6) is 0. The van der Waals surface area contributed by atoms with Crippen molar-refractivity contribution in [2.75, 3.05) is 6.61 Å². The van der Waals surface area contributed by atoms with Gasteiger partial charge in [0.2, 0.25) is 0 Å². The minimum Gasteiger partial charge on any atom is -0.374 e. The van der Waals surface area contributed by atoms with Gasteiger partial charge < -0.3 is 9.47 Å². The maximum atomic E-state index is 5.60. The van der Waals surface area contributed by atoms with E-state index in [1.54, 1.807) is 0 Å². The van der Waals surface area contributed by atoms with E-state index in [2.05, 4.69) is 18.7 Å². The minimum absolute atomic E-state index is 0.309. The van der Waals surface area contributed by atoms with Gasteiger partial charge >= 0.3 is 0 Å². The first-order valence-electron chi connectivity index (χ1n) is 5.78. The molecule has 0 radical (unpaired) electrons. The number of allylic oxidation sites excluding steroid dienone is 1. The molecule has 1 aromatic rings. The summed E-state index contributed by atoms with van der Waals surface area (Å²) in [7, 11) is 0. The Kier molecular flexibility index (Phi) is 4.14. The van der Waals surface area contributed by atoms with Crippen molar-refractivity contribution in [1.29, 1.82) is 0 Å². The fourth-order valence-electron chi connectivity index (χ4n) is 1.73. The molecule has 0 aromatic heterocycles. The van der Waals surface area contributed by atoms with Gasteiger partial charge in [0.05, 0.1) is 19.3 Å². The van der Waals surface area contributed by atoms with Gasteiger partial charge in [-0.1, -0.05) is 36.4 Å². The summed E-state index contributed by atoms with van der Waals surface area (Å²) in [6.07, 6.45) is 4.74. The van der Waals surface area contributed by atoms with Crippen LogP contribution in [0.25, 0.3) is 0 Å². The number of hydrogen-bond donors (Lipinski definition) is 0. The molecular formula is C14H18O2. The van der Waals surface area contributed by atoms with Gasteiger partial charge in [0, 0.05) is 0 Å². The van der Waals surface area contributed by atoms with E-state index in [0.29, 0.717) is 25.4 Å². The molecule has 0 amide bonds. The number of epoxide rings is 1. The summed E-state index contributed by atoms with van der Waals surface area (Å²) in [4.78, 5) is 0. The van der Waals surface area contributed by atoms with Gasteiger partial charge in [-0.05, 0) is 18.4 Å². The first-order valence-corrected chi connectivity index (χ1v) is 5.78. The van der Waals surface area contributed by atoms with Gasteiger partial charge in [0.1, 0.15) is 6.10 Å². The van der Waals surface area contributed by atoms with Gasteiger partial charge in [0.25, 0.3) is 0 Å². The fourth-order valence-corrected chi connectivity index (χ4v) is 1.73. The Morgan fingerprint density at radius 1 is 1.25 bits per heavy atom. The fraction of sp³-hybridized carbons (Fsp3) is 0.429. The maximum Gasteiger partial charge on any atom is 0.107 e. The zero-order valence-corrected chi connectivity index (χ0v) is 9.47. The summed E-state index contributed by atoms with van der Waals surface area (Å²) in [5.41, 5.74) is 1.21. The van der Waals surface area contributed by atoms with Gasteiger partial charge in [-0.25, -0.2) is 0 Å². The van der Waals surface area contributed by atoms with Crippen molar-refractivity contribution in [2.45, 2.75) is 31.7 Å². The van der Waals surface area contributed by atoms with Gasteiger partial charge in [-0.2, -0.15) is 0 Å². The summed E-state index contributed by atoms with van der Waals surface area (Å²) in [6, 6.07) is 10.2. The molecule has 1 aliphatic rings. The Morgan fingerprint density at radius 3 is 2.81 bits per heavy atom. The van der Waals surface area contributed by atoms with Crippen molar-refractivity contribution < 1.29 is 9.47 Å². The SMILES string of the molecule is C=CCC[C@@H]1O[C@H]1COCc1ccccc1. The Balaban J connectivity index is 1.58. The third-order valence-electron chi connectivity index (χ3n) is 2.74. The predicted molar refractivity (Wildman–Crippen MR) is 64.2 cm³/mol. The molecule has 0 saturated carbocycles. The van der Waals surface area contributed by atoms with Crippen LogP contribution in [0.5, 0.6) is 0 Å². The smallest absolute Gasteiger partial charge is 0.107 e. The average molecular weight is 218 g/mol. The molecule has 0 spiro atoms. The Morgan fingerprint density at radius 2 is 2.06 bits per heavy atom. The van der Waals surface area contributed by atoms with Crippen molar-refractivity contribution in [2.24, 2.45) is 0 Å². The highest BCUT2D eigenvalue weighted by Crippen LogP contribution is 2.27. The summed E-state index contributed by atoms with van der Waals surface area (Å²) < 4.78 is 11.1. The van der Waals surface area contributed by atoms with E-state index < -0.39 is 0 Å². The molecule has 1 saturated heterocycles. The predicted octanol–water partition coefficient (Wildman–Crippen LogP) is 2.94. The standard InChI is InChI=1S/C14H18O2/c1-2-3-9-13-14(16-13)11-15-10-12-7-5-4-6-8-12/h2,4-8,13-14H,1,3,9-11H2/t13-,14-/m0/s1. The Bertz CT molecular complexity index is 321. The molecule has 2 nitrogen and oxygen atoms in total. The summed E-state index contributed by atoms with van der Waals surface area (Å²) in [6.45, 7) is 5.08. The third-order valence-corrected chi connectivity index (χ3v) is 2.74.